The molecule has 0 aliphatic heterocycles. The van der Waals surface area contributed by atoms with Gasteiger partial charge in [-0.3, -0.25) is 0 Å². The number of ether oxygens (including phenoxy) is 2. The van der Waals surface area contributed by atoms with Gasteiger partial charge in [0.25, 0.3) is 0 Å². The molecule has 0 radical (unpaired) electrons. The van der Waals surface area contributed by atoms with E-state index in [0.29, 0.717) is 12.1 Å². The van der Waals surface area contributed by atoms with Crippen LogP contribution in [0.2, 0.25) is 0 Å². The minimum Gasteiger partial charge on any atom is -0.376 e. The van der Waals surface area contributed by atoms with Gasteiger partial charge in [0.15, 0.2) is 10.5 Å². The summed E-state index contributed by atoms with van der Waals surface area (Å²) < 4.78 is 94.6. The Balaban J connectivity index is 3.67. The lowest BCUT2D eigenvalue weighted by Crippen LogP contribution is -2.40. The Morgan fingerprint density at radius 2 is 1.04 bits per heavy atom. The van der Waals surface area contributed by atoms with Crippen LogP contribution in [0.4, 0.5) is 26.3 Å². The summed E-state index contributed by atoms with van der Waals surface area (Å²) in [5, 5.41) is 0. The maximum Gasteiger partial charge on any atom is 0.416 e. The van der Waals surface area contributed by atoms with E-state index >= 15 is 0 Å². The van der Waals surface area contributed by atoms with Crippen molar-refractivity contribution in [3.63, 3.8) is 0 Å². The molecule has 0 spiro atoms. The fourth-order valence-electron chi connectivity index (χ4n) is 2.13. The summed E-state index contributed by atoms with van der Waals surface area (Å²) in [5.74, 6) is -2.14. The van der Waals surface area contributed by atoms with Crippen molar-refractivity contribution in [1.29, 1.82) is 0 Å². The Morgan fingerprint density at radius 3 is 1.28 bits per heavy atom. The van der Waals surface area contributed by atoms with Crippen LogP contribution in [0.5, 0.6) is 0 Å². The second-order valence-corrected chi connectivity index (χ2v) is 6.30. The van der Waals surface area contributed by atoms with Crippen molar-refractivity contribution in [2.45, 2.75) is 58.2 Å². The quantitative estimate of drug-likeness (QED) is 0.418. The third-order valence-electron chi connectivity index (χ3n) is 2.99. The third-order valence-corrected chi connectivity index (χ3v) is 3.53. The van der Waals surface area contributed by atoms with Crippen molar-refractivity contribution in [1.82, 2.24) is 0 Å². The minimum atomic E-state index is -4.97. The summed E-state index contributed by atoms with van der Waals surface area (Å²) in [4.78, 5) is 0. The Bertz CT molecular complexity index is 541. The number of hydrogen-bond acceptors (Lipinski definition) is 3. The summed E-state index contributed by atoms with van der Waals surface area (Å²) in [6, 6.07) is 1.15. The molecule has 0 aliphatic carbocycles. The molecule has 0 amide bonds. The lowest BCUT2D eigenvalue weighted by molar-refractivity contribution is -0.378. The van der Waals surface area contributed by atoms with Gasteiger partial charge in [0.2, 0.25) is 0 Å². The number of rotatable bonds is 6. The lowest BCUT2D eigenvalue weighted by Gasteiger charge is -2.36. The average molecular weight is 390 g/mol. The van der Waals surface area contributed by atoms with Crippen LogP contribution < -0.4 is 0 Å². The Kier molecular flexibility index (Phi) is 6.71. The van der Waals surface area contributed by atoms with Crippen LogP contribution in [0.1, 0.15) is 44.4 Å². The SMILES string of the molecule is CC(C)OC(O[SiH3])(OC(C)C)c1cc(C(F)(F)F)cc(C(F)(F)F)c1. The van der Waals surface area contributed by atoms with Gasteiger partial charge in [-0.05, 0) is 45.9 Å². The Hall–Kier alpha value is -1.10. The molecular weight excluding hydrogens is 370 g/mol. The smallest absolute Gasteiger partial charge is 0.376 e. The van der Waals surface area contributed by atoms with Crippen molar-refractivity contribution in [3.05, 3.63) is 34.9 Å². The molecule has 1 aromatic rings. The van der Waals surface area contributed by atoms with Crippen LogP contribution in [0.15, 0.2) is 18.2 Å². The fourth-order valence-corrected chi connectivity index (χ4v) is 2.56. The zero-order valence-electron chi connectivity index (χ0n) is 14.4. The van der Waals surface area contributed by atoms with Crippen LogP contribution >= 0.6 is 0 Å². The molecule has 0 heterocycles. The van der Waals surface area contributed by atoms with E-state index in [4.69, 9.17) is 13.9 Å². The Morgan fingerprint density at radius 1 is 0.720 bits per heavy atom. The highest BCUT2D eigenvalue weighted by atomic mass is 28.2. The van der Waals surface area contributed by atoms with Gasteiger partial charge in [0, 0.05) is 5.56 Å². The molecular formula is C15H20F6O3Si. The van der Waals surface area contributed by atoms with E-state index in [9.17, 15) is 26.3 Å². The first-order valence-electron chi connectivity index (χ1n) is 7.42. The summed E-state index contributed by atoms with van der Waals surface area (Å²) >= 11 is 0. The molecule has 10 heteroatoms. The molecule has 1 aromatic carbocycles. The molecule has 0 saturated heterocycles. The van der Waals surface area contributed by atoms with Crippen LogP contribution in [-0.2, 0) is 32.2 Å². The summed E-state index contributed by atoms with van der Waals surface area (Å²) in [5.41, 5.74) is -3.41. The van der Waals surface area contributed by atoms with Gasteiger partial charge in [-0.25, -0.2) is 0 Å². The fraction of sp³-hybridized carbons (Fsp3) is 0.600. The van der Waals surface area contributed by atoms with Gasteiger partial charge in [-0.1, -0.05) is 0 Å². The van der Waals surface area contributed by atoms with E-state index in [1.807, 2.05) is 0 Å². The number of hydrogen-bond donors (Lipinski definition) is 0. The van der Waals surface area contributed by atoms with Gasteiger partial charge in [-0.2, -0.15) is 26.3 Å². The van der Waals surface area contributed by atoms with Gasteiger partial charge < -0.3 is 13.9 Å². The zero-order chi connectivity index (χ0) is 19.6. The minimum absolute atomic E-state index is 0.0463. The highest BCUT2D eigenvalue weighted by molar-refractivity contribution is 5.98. The summed E-state index contributed by atoms with van der Waals surface area (Å²) in [7, 11) is -0.0463. The average Bonchev–Trinajstić information content (AvgIpc) is 2.43. The van der Waals surface area contributed by atoms with E-state index in [1.165, 1.54) is 0 Å². The largest absolute Gasteiger partial charge is 0.416 e. The van der Waals surface area contributed by atoms with Gasteiger partial charge in [0.05, 0.1) is 23.3 Å². The first kappa shape index (κ1) is 21.9. The van der Waals surface area contributed by atoms with Crippen molar-refractivity contribution in [2.75, 3.05) is 0 Å². The molecule has 0 N–H and O–H groups in total. The number of halogens is 6. The predicted octanol–water partition coefficient (Wildman–Crippen LogP) is 3.98. The van der Waals surface area contributed by atoms with Crippen LogP contribution in [0.3, 0.4) is 0 Å². The van der Waals surface area contributed by atoms with E-state index in [0.717, 1.165) is 0 Å². The highest BCUT2D eigenvalue weighted by Crippen LogP contribution is 2.40. The van der Waals surface area contributed by atoms with E-state index in [-0.39, 0.29) is 16.6 Å². The number of benzene rings is 1. The van der Waals surface area contributed by atoms with Crippen molar-refractivity contribution >= 4 is 10.5 Å². The molecule has 3 nitrogen and oxygen atoms in total. The lowest BCUT2D eigenvalue weighted by atomic mass is 10.0. The number of alkyl halides is 6. The van der Waals surface area contributed by atoms with Gasteiger partial charge in [0.1, 0.15) is 0 Å². The molecule has 25 heavy (non-hydrogen) atoms. The topological polar surface area (TPSA) is 27.7 Å². The standard InChI is InChI=1S/C15H20F6O3Si/c1-8(2)22-15(24-25,23-9(3)4)12-6-10(13(16,17)18)5-11(7-12)14(19,20)21/h5-9H,1-4,25H3. The van der Waals surface area contributed by atoms with Gasteiger partial charge in [-0.15, -0.1) is 0 Å². The molecule has 0 bridgehead atoms. The zero-order valence-corrected chi connectivity index (χ0v) is 16.4. The van der Waals surface area contributed by atoms with Crippen molar-refractivity contribution < 1.29 is 40.2 Å². The second kappa shape index (κ2) is 7.64. The highest BCUT2D eigenvalue weighted by Gasteiger charge is 2.43. The monoisotopic (exact) mass is 390 g/mol. The molecule has 0 atom stereocenters. The van der Waals surface area contributed by atoms with E-state index < -0.39 is 47.2 Å². The van der Waals surface area contributed by atoms with Crippen LogP contribution in [0, 0.1) is 0 Å². The van der Waals surface area contributed by atoms with Crippen LogP contribution in [0.25, 0.3) is 0 Å². The molecule has 144 valence electrons. The second-order valence-electron chi connectivity index (χ2n) is 5.89. The molecule has 0 unspecified atom stereocenters. The van der Waals surface area contributed by atoms with Crippen molar-refractivity contribution in [3.8, 4) is 0 Å². The van der Waals surface area contributed by atoms with Gasteiger partial charge >= 0.3 is 18.3 Å². The Labute approximate surface area is 144 Å². The van der Waals surface area contributed by atoms with Crippen molar-refractivity contribution in [2.24, 2.45) is 0 Å². The first-order valence-corrected chi connectivity index (χ1v) is 8.23. The molecule has 0 aliphatic rings. The maximum atomic E-state index is 13.1. The molecule has 1 rings (SSSR count). The summed E-state index contributed by atoms with van der Waals surface area (Å²) in [6.07, 6.45) is -11.1. The first-order chi connectivity index (χ1) is 11.2. The van der Waals surface area contributed by atoms with E-state index in [2.05, 4.69) is 0 Å². The molecule has 0 fully saturated rings. The maximum absolute atomic E-state index is 13.1. The molecule has 0 saturated carbocycles. The van der Waals surface area contributed by atoms with E-state index in [1.54, 1.807) is 27.7 Å². The predicted molar refractivity (Wildman–Crippen MR) is 81.6 cm³/mol. The normalized spacial score (nSPS) is 13.9. The third kappa shape index (κ3) is 5.70. The van der Waals surface area contributed by atoms with Crippen LogP contribution in [-0.4, -0.2) is 22.7 Å². The molecule has 0 aromatic heterocycles. The summed E-state index contributed by atoms with van der Waals surface area (Å²) in [6.45, 7) is 6.27.